The Morgan fingerprint density at radius 2 is 1.65 bits per heavy atom. The molecule has 0 radical (unpaired) electrons. The average Bonchev–Trinajstić information content (AvgIpc) is 2.65. The van der Waals surface area contributed by atoms with Crippen LogP contribution in [0, 0.1) is 17.0 Å². The van der Waals surface area contributed by atoms with Gasteiger partial charge in [-0.25, -0.2) is 9.18 Å². The van der Waals surface area contributed by atoms with Gasteiger partial charge in [0.05, 0.1) is 11.1 Å². The molecule has 0 fully saturated rings. The lowest BCUT2D eigenvalue weighted by Gasteiger charge is -2.21. The number of amides is 1. The van der Waals surface area contributed by atoms with Gasteiger partial charge in [0, 0.05) is 33.9 Å². The number of halogens is 8. The molecule has 31 heavy (non-hydrogen) atoms. The Balaban J connectivity index is 0.00000480. The Kier molecular flexibility index (Phi) is 9.06. The first-order chi connectivity index (χ1) is 13.8. The molecule has 0 aromatic heterocycles. The maximum Gasteiger partial charge on any atom is 0.420 e. The molecule has 0 atom stereocenters. The fraction of sp³-hybridized carbons (Fsp3) is 0.211. The first-order valence-corrected chi connectivity index (χ1v) is 11.0. The lowest BCUT2D eigenvalue weighted by molar-refractivity contribution is -0.143. The zero-order chi connectivity index (χ0) is 22.7. The molecule has 2 rings (SSSR count). The van der Waals surface area contributed by atoms with Crippen LogP contribution in [0.25, 0.3) is 0 Å². The van der Waals surface area contributed by atoms with Crippen molar-refractivity contribution in [3.8, 4) is 16.9 Å². The maximum atomic E-state index is 13.5. The van der Waals surface area contributed by atoms with E-state index in [1.165, 1.54) is 12.1 Å². The van der Waals surface area contributed by atoms with Crippen LogP contribution in [0.4, 0.5) is 41.2 Å². The van der Waals surface area contributed by atoms with E-state index in [1.54, 1.807) is 21.2 Å². The zero-order valence-electron chi connectivity index (χ0n) is 14.7. The molecule has 0 heterocycles. The summed E-state index contributed by atoms with van der Waals surface area (Å²) in [5, 5.41) is 2.27. The lowest BCUT2D eigenvalue weighted by Crippen LogP contribution is -2.30. The normalized spacial score (nSPS) is 11.1. The standard InChI is InChI=1S/C18H9F7INO2S.CH4/c1-27(13-4-2-12(19)3-5-13)16(28)29-15-10(6-7-30-26)8-11(17(20,21)22)9-14(15)18(23,24)25;/h2-5,8-9H,1H3;1H4. The molecule has 0 bridgehead atoms. The van der Waals surface area contributed by atoms with Gasteiger partial charge in [0.15, 0.2) is 5.75 Å². The second-order valence-electron chi connectivity index (χ2n) is 5.60. The minimum atomic E-state index is -5.26. The summed E-state index contributed by atoms with van der Waals surface area (Å²) >= 11 is 1.67. The summed E-state index contributed by atoms with van der Waals surface area (Å²) in [5.41, 5.74) is -4.08. The average molecular weight is 579 g/mol. The van der Waals surface area contributed by atoms with Gasteiger partial charge in [-0.15, -0.1) is 0 Å². The van der Waals surface area contributed by atoms with E-state index in [1.807, 2.05) is 0 Å². The lowest BCUT2D eigenvalue weighted by atomic mass is 10.0. The maximum absolute atomic E-state index is 13.5. The molecule has 0 saturated carbocycles. The number of hydrogen-bond acceptors (Lipinski definition) is 3. The highest BCUT2D eigenvalue weighted by Crippen LogP contribution is 2.42. The number of alkyl halides is 6. The Morgan fingerprint density at radius 3 is 2.13 bits per heavy atom. The quantitative estimate of drug-likeness (QED) is 0.210. The van der Waals surface area contributed by atoms with Crippen LogP contribution in [0.2, 0.25) is 0 Å². The Hall–Kier alpha value is -2.14. The van der Waals surface area contributed by atoms with Crippen LogP contribution in [0.5, 0.6) is 5.75 Å². The van der Waals surface area contributed by atoms with E-state index in [4.69, 9.17) is 4.74 Å². The summed E-state index contributed by atoms with van der Waals surface area (Å²) in [4.78, 5) is 13.1. The van der Waals surface area contributed by atoms with Crippen molar-refractivity contribution in [2.24, 2.45) is 0 Å². The van der Waals surface area contributed by atoms with Crippen LogP contribution in [-0.2, 0) is 12.4 Å². The Bertz CT molecular complexity index is 996. The van der Waals surface area contributed by atoms with E-state index in [0.717, 1.165) is 33.0 Å². The van der Waals surface area contributed by atoms with Crippen molar-refractivity contribution in [1.82, 2.24) is 0 Å². The van der Waals surface area contributed by atoms with E-state index < -0.39 is 46.7 Å². The molecule has 0 N–H and O–H groups in total. The number of benzene rings is 2. The van der Waals surface area contributed by atoms with Crippen LogP contribution < -0.4 is 9.64 Å². The van der Waals surface area contributed by atoms with Crippen molar-refractivity contribution in [2.45, 2.75) is 19.8 Å². The highest BCUT2D eigenvalue weighted by atomic mass is 127. The molecular formula is C19H13F7INO2S. The molecule has 2 aromatic carbocycles. The number of hydrogen-bond donors (Lipinski definition) is 0. The molecule has 0 aliphatic carbocycles. The van der Waals surface area contributed by atoms with Crippen molar-refractivity contribution in [2.75, 3.05) is 11.9 Å². The third-order valence-corrected chi connectivity index (χ3v) is 4.46. The van der Waals surface area contributed by atoms with Gasteiger partial charge < -0.3 is 4.74 Å². The smallest absolute Gasteiger partial charge is 0.408 e. The van der Waals surface area contributed by atoms with Gasteiger partial charge >= 0.3 is 18.4 Å². The van der Waals surface area contributed by atoms with Crippen molar-refractivity contribution < 1.29 is 40.3 Å². The SMILES string of the molecule is C.CN(C(=O)Oc1c(C#CSI)cc(C(F)(F)F)cc1C(F)(F)F)c1ccc(F)cc1. The predicted octanol–water partition coefficient (Wildman–Crippen LogP) is 7.53. The van der Waals surface area contributed by atoms with E-state index in [2.05, 4.69) is 11.2 Å². The minimum absolute atomic E-state index is 0. The highest BCUT2D eigenvalue weighted by Gasteiger charge is 2.41. The van der Waals surface area contributed by atoms with Crippen molar-refractivity contribution in [3.63, 3.8) is 0 Å². The van der Waals surface area contributed by atoms with Gasteiger partial charge in [-0.05, 0) is 50.6 Å². The molecule has 2 aromatic rings. The van der Waals surface area contributed by atoms with Crippen LogP contribution in [0.15, 0.2) is 36.4 Å². The Morgan fingerprint density at radius 1 is 1.06 bits per heavy atom. The summed E-state index contributed by atoms with van der Waals surface area (Å²) < 4.78 is 97.4. The zero-order valence-corrected chi connectivity index (χ0v) is 17.6. The van der Waals surface area contributed by atoms with Gasteiger partial charge in [-0.1, -0.05) is 13.3 Å². The molecule has 0 spiro atoms. The monoisotopic (exact) mass is 579 g/mol. The molecule has 0 aliphatic heterocycles. The summed E-state index contributed by atoms with van der Waals surface area (Å²) in [6, 6.07) is 4.57. The number of carbonyl (C=O) groups is 1. The molecular weight excluding hydrogens is 566 g/mol. The number of anilines is 1. The molecule has 0 unspecified atom stereocenters. The molecule has 0 aliphatic rings. The topological polar surface area (TPSA) is 29.5 Å². The van der Waals surface area contributed by atoms with Crippen LogP contribution in [-0.4, -0.2) is 13.1 Å². The third-order valence-electron chi connectivity index (χ3n) is 3.62. The first-order valence-electron chi connectivity index (χ1n) is 7.66. The van der Waals surface area contributed by atoms with E-state index in [0.29, 0.717) is 6.07 Å². The number of rotatable bonds is 2. The van der Waals surface area contributed by atoms with Gasteiger partial charge in [-0.2, -0.15) is 26.3 Å². The molecule has 0 saturated heterocycles. The second kappa shape index (κ2) is 10.4. The summed E-state index contributed by atoms with van der Waals surface area (Å²) in [6.07, 6.45) is -11.7. The van der Waals surface area contributed by atoms with E-state index in [9.17, 15) is 35.5 Å². The predicted molar refractivity (Wildman–Crippen MR) is 112 cm³/mol. The van der Waals surface area contributed by atoms with Crippen LogP contribution in [0.1, 0.15) is 24.1 Å². The van der Waals surface area contributed by atoms with Gasteiger partial charge in [-0.3, -0.25) is 4.90 Å². The molecule has 1 amide bonds. The fourth-order valence-corrected chi connectivity index (χ4v) is 2.68. The second-order valence-corrected chi connectivity index (χ2v) is 7.28. The number of nitrogens with zero attached hydrogens (tertiary/aromatic N) is 1. The minimum Gasteiger partial charge on any atom is -0.408 e. The number of ether oxygens (including phenoxy) is 1. The molecule has 168 valence electrons. The Labute approximate surface area is 189 Å². The largest absolute Gasteiger partial charge is 0.420 e. The number of carbonyl (C=O) groups excluding carboxylic acids is 1. The van der Waals surface area contributed by atoms with Crippen LogP contribution in [0.3, 0.4) is 0 Å². The first kappa shape index (κ1) is 26.9. The molecule has 3 nitrogen and oxygen atoms in total. The van der Waals surface area contributed by atoms with Gasteiger partial charge in [0.1, 0.15) is 11.4 Å². The van der Waals surface area contributed by atoms with E-state index in [-0.39, 0.29) is 19.2 Å². The van der Waals surface area contributed by atoms with Crippen molar-refractivity contribution >= 4 is 41.9 Å². The van der Waals surface area contributed by atoms with Crippen molar-refractivity contribution in [3.05, 3.63) is 58.9 Å². The van der Waals surface area contributed by atoms with Gasteiger partial charge in [0.25, 0.3) is 0 Å². The van der Waals surface area contributed by atoms with E-state index >= 15 is 0 Å². The van der Waals surface area contributed by atoms with Crippen LogP contribution >= 0.6 is 30.1 Å². The summed E-state index contributed by atoms with van der Waals surface area (Å²) in [7, 11) is 1.95. The third kappa shape index (κ3) is 6.93. The van der Waals surface area contributed by atoms with Crippen molar-refractivity contribution in [1.29, 1.82) is 0 Å². The highest BCUT2D eigenvalue weighted by molar-refractivity contribution is 14.2. The molecule has 12 heteroatoms. The fourth-order valence-electron chi connectivity index (χ4n) is 2.21. The van der Waals surface area contributed by atoms with Gasteiger partial charge in [0.2, 0.25) is 0 Å². The summed E-state index contributed by atoms with van der Waals surface area (Å²) in [6.45, 7) is 0. The summed E-state index contributed by atoms with van der Waals surface area (Å²) in [5.74, 6) is 0.365.